The molecule has 0 atom stereocenters. The van der Waals surface area contributed by atoms with Gasteiger partial charge in [-0.2, -0.15) is 0 Å². The normalized spacial score (nSPS) is 10.7. The van der Waals surface area contributed by atoms with E-state index < -0.39 is 0 Å². The maximum atomic E-state index is 5.95. The molecule has 2 aromatic rings. The lowest BCUT2D eigenvalue weighted by atomic mass is 10.2. The standard InChI is InChI=1S/C12H12BrClN2/c1-2-12-15-5-6-16(12)11-7-10(13)4-3-9(11)8-14/h3-7H,2,8H2,1H3. The summed E-state index contributed by atoms with van der Waals surface area (Å²) in [5.74, 6) is 1.55. The summed E-state index contributed by atoms with van der Waals surface area (Å²) in [6, 6.07) is 6.11. The first-order valence-electron chi connectivity index (χ1n) is 5.13. The van der Waals surface area contributed by atoms with E-state index in [2.05, 4.69) is 38.5 Å². The monoisotopic (exact) mass is 298 g/mol. The number of halogens is 2. The molecule has 0 saturated heterocycles. The second-order valence-electron chi connectivity index (χ2n) is 3.47. The van der Waals surface area contributed by atoms with Crippen LogP contribution >= 0.6 is 27.5 Å². The molecule has 0 fully saturated rings. The molecule has 0 amide bonds. The van der Waals surface area contributed by atoms with Gasteiger partial charge in [-0.15, -0.1) is 11.6 Å². The highest BCUT2D eigenvalue weighted by Crippen LogP contribution is 2.23. The third-order valence-electron chi connectivity index (χ3n) is 2.48. The first-order valence-corrected chi connectivity index (χ1v) is 6.46. The molecule has 2 rings (SSSR count). The lowest BCUT2D eigenvalue weighted by Crippen LogP contribution is -2.02. The highest BCUT2D eigenvalue weighted by atomic mass is 79.9. The largest absolute Gasteiger partial charge is 0.303 e. The van der Waals surface area contributed by atoms with Crippen LogP contribution in [0.25, 0.3) is 5.69 Å². The number of rotatable bonds is 3. The van der Waals surface area contributed by atoms with Crippen LogP contribution in [0.3, 0.4) is 0 Å². The van der Waals surface area contributed by atoms with Crippen LogP contribution in [0.2, 0.25) is 0 Å². The second-order valence-corrected chi connectivity index (χ2v) is 4.66. The molecule has 1 aromatic heterocycles. The predicted molar refractivity (Wildman–Crippen MR) is 70.2 cm³/mol. The summed E-state index contributed by atoms with van der Waals surface area (Å²) in [5.41, 5.74) is 2.20. The van der Waals surface area contributed by atoms with E-state index in [0.717, 1.165) is 28.0 Å². The first kappa shape index (κ1) is 11.7. The summed E-state index contributed by atoms with van der Waals surface area (Å²) in [6.07, 6.45) is 4.69. The van der Waals surface area contributed by atoms with Crippen molar-refractivity contribution < 1.29 is 0 Å². The molecular weight excluding hydrogens is 288 g/mol. The molecule has 0 N–H and O–H groups in total. The molecule has 16 heavy (non-hydrogen) atoms. The van der Waals surface area contributed by atoms with Gasteiger partial charge in [0.15, 0.2) is 0 Å². The van der Waals surface area contributed by atoms with E-state index in [1.165, 1.54) is 0 Å². The number of hydrogen-bond acceptors (Lipinski definition) is 1. The van der Waals surface area contributed by atoms with Crippen LogP contribution < -0.4 is 0 Å². The van der Waals surface area contributed by atoms with Gasteiger partial charge in [0.05, 0.1) is 5.69 Å². The van der Waals surface area contributed by atoms with E-state index in [0.29, 0.717) is 5.88 Å². The SMILES string of the molecule is CCc1nccn1-c1cc(Br)ccc1CCl. The van der Waals surface area contributed by atoms with E-state index in [-0.39, 0.29) is 0 Å². The van der Waals surface area contributed by atoms with Crippen molar-refractivity contribution in [3.63, 3.8) is 0 Å². The van der Waals surface area contributed by atoms with E-state index in [1.54, 1.807) is 0 Å². The fourth-order valence-electron chi connectivity index (χ4n) is 1.69. The Bertz CT molecular complexity index is 494. The number of benzene rings is 1. The van der Waals surface area contributed by atoms with E-state index >= 15 is 0 Å². The van der Waals surface area contributed by atoms with Crippen molar-refractivity contribution in [2.24, 2.45) is 0 Å². The quantitative estimate of drug-likeness (QED) is 0.785. The Kier molecular flexibility index (Phi) is 3.66. The summed E-state index contributed by atoms with van der Waals surface area (Å²) < 4.78 is 3.13. The van der Waals surface area contributed by atoms with Crippen LogP contribution in [0.1, 0.15) is 18.3 Å². The Morgan fingerprint density at radius 3 is 2.94 bits per heavy atom. The topological polar surface area (TPSA) is 17.8 Å². The van der Waals surface area contributed by atoms with Gasteiger partial charge in [0.25, 0.3) is 0 Å². The molecule has 0 radical (unpaired) electrons. The van der Waals surface area contributed by atoms with Crippen molar-refractivity contribution in [1.29, 1.82) is 0 Å². The van der Waals surface area contributed by atoms with Gasteiger partial charge in [-0.1, -0.05) is 28.9 Å². The number of aromatic nitrogens is 2. The summed E-state index contributed by atoms with van der Waals surface area (Å²) in [6.45, 7) is 2.09. The summed E-state index contributed by atoms with van der Waals surface area (Å²) >= 11 is 9.43. The molecule has 84 valence electrons. The molecule has 0 saturated carbocycles. The van der Waals surface area contributed by atoms with Crippen molar-refractivity contribution >= 4 is 27.5 Å². The molecule has 0 spiro atoms. The predicted octanol–water partition coefficient (Wildman–Crippen LogP) is 3.94. The minimum Gasteiger partial charge on any atom is -0.303 e. The van der Waals surface area contributed by atoms with Gasteiger partial charge < -0.3 is 4.57 Å². The minimum atomic E-state index is 0.504. The molecule has 4 heteroatoms. The zero-order valence-electron chi connectivity index (χ0n) is 8.95. The number of alkyl halides is 1. The van der Waals surface area contributed by atoms with E-state index in [9.17, 15) is 0 Å². The number of nitrogens with zero attached hydrogens (tertiary/aromatic N) is 2. The number of hydrogen-bond donors (Lipinski definition) is 0. The third-order valence-corrected chi connectivity index (χ3v) is 3.27. The molecular formula is C12H12BrClN2. The first-order chi connectivity index (χ1) is 7.76. The van der Waals surface area contributed by atoms with Gasteiger partial charge in [-0.05, 0) is 17.7 Å². The minimum absolute atomic E-state index is 0.504. The van der Waals surface area contributed by atoms with Gasteiger partial charge in [0.2, 0.25) is 0 Å². The van der Waals surface area contributed by atoms with Gasteiger partial charge in [0, 0.05) is 29.2 Å². The van der Waals surface area contributed by atoms with Crippen LogP contribution in [0.4, 0.5) is 0 Å². The molecule has 0 aliphatic carbocycles. The molecule has 0 aliphatic rings. The molecule has 0 bridgehead atoms. The molecule has 0 aliphatic heterocycles. The summed E-state index contributed by atoms with van der Waals surface area (Å²) in [7, 11) is 0. The maximum Gasteiger partial charge on any atom is 0.112 e. The van der Waals surface area contributed by atoms with Gasteiger partial charge in [0.1, 0.15) is 5.82 Å². The Balaban J connectivity index is 2.58. The summed E-state index contributed by atoms with van der Waals surface area (Å²) in [4.78, 5) is 4.32. The number of aryl methyl sites for hydroxylation is 1. The lowest BCUT2D eigenvalue weighted by Gasteiger charge is -2.11. The van der Waals surface area contributed by atoms with E-state index in [1.807, 2.05) is 24.5 Å². The third kappa shape index (κ3) is 2.15. The Hall–Kier alpha value is -0.800. The van der Waals surface area contributed by atoms with Crippen LogP contribution in [-0.2, 0) is 12.3 Å². The zero-order valence-corrected chi connectivity index (χ0v) is 11.3. The van der Waals surface area contributed by atoms with Crippen LogP contribution in [-0.4, -0.2) is 9.55 Å². The van der Waals surface area contributed by atoms with Gasteiger partial charge in [-0.25, -0.2) is 4.98 Å². The Morgan fingerprint density at radius 1 is 1.44 bits per heavy atom. The van der Waals surface area contributed by atoms with Crippen molar-refractivity contribution in [2.75, 3.05) is 0 Å². The molecule has 2 nitrogen and oxygen atoms in total. The fourth-order valence-corrected chi connectivity index (χ4v) is 2.26. The maximum absolute atomic E-state index is 5.95. The highest BCUT2D eigenvalue weighted by molar-refractivity contribution is 9.10. The van der Waals surface area contributed by atoms with Crippen LogP contribution in [0.5, 0.6) is 0 Å². The smallest absolute Gasteiger partial charge is 0.112 e. The Morgan fingerprint density at radius 2 is 2.25 bits per heavy atom. The zero-order chi connectivity index (χ0) is 11.5. The fraction of sp³-hybridized carbons (Fsp3) is 0.250. The van der Waals surface area contributed by atoms with Crippen molar-refractivity contribution in [1.82, 2.24) is 9.55 Å². The molecule has 1 aromatic carbocycles. The molecule has 0 unspecified atom stereocenters. The van der Waals surface area contributed by atoms with Gasteiger partial charge >= 0.3 is 0 Å². The van der Waals surface area contributed by atoms with E-state index in [4.69, 9.17) is 11.6 Å². The Labute approximate surface area is 108 Å². The van der Waals surface area contributed by atoms with Crippen molar-refractivity contribution in [2.45, 2.75) is 19.2 Å². The summed E-state index contributed by atoms with van der Waals surface area (Å²) in [5, 5.41) is 0. The van der Waals surface area contributed by atoms with Crippen molar-refractivity contribution in [3.05, 3.63) is 46.5 Å². The van der Waals surface area contributed by atoms with Crippen LogP contribution in [0, 0.1) is 0 Å². The average molecular weight is 300 g/mol. The second kappa shape index (κ2) is 5.02. The van der Waals surface area contributed by atoms with Crippen LogP contribution in [0.15, 0.2) is 35.1 Å². The molecule has 1 heterocycles. The van der Waals surface area contributed by atoms with Crippen molar-refractivity contribution in [3.8, 4) is 5.69 Å². The number of imidazole rings is 1. The average Bonchev–Trinajstić information content (AvgIpc) is 2.76. The highest BCUT2D eigenvalue weighted by Gasteiger charge is 2.08. The van der Waals surface area contributed by atoms with Gasteiger partial charge in [-0.3, -0.25) is 0 Å². The lowest BCUT2D eigenvalue weighted by molar-refractivity contribution is 0.884.